The van der Waals surface area contributed by atoms with Crippen molar-refractivity contribution in [3.05, 3.63) is 46.1 Å². The summed E-state index contributed by atoms with van der Waals surface area (Å²) in [6, 6.07) is 7.37. The Hall–Kier alpha value is -2.83. The standard InChI is InChI=1S/C15H14N4O3/c1-9-15(22)17-14-10-5-2-3-6-11(10)16-12(19(14)18-9)7-4-8-13(20)21/h2-3,5-6H,4,7-8H2,1H3,(H,20,21). The van der Waals surface area contributed by atoms with Crippen molar-refractivity contribution in [2.45, 2.75) is 26.2 Å². The number of benzene rings is 1. The summed E-state index contributed by atoms with van der Waals surface area (Å²) in [4.78, 5) is 31.1. The van der Waals surface area contributed by atoms with E-state index >= 15 is 0 Å². The van der Waals surface area contributed by atoms with E-state index in [0.29, 0.717) is 29.8 Å². The molecule has 0 aliphatic carbocycles. The van der Waals surface area contributed by atoms with Crippen LogP contribution in [0.5, 0.6) is 0 Å². The van der Waals surface area contributed by atoms with Gasteiger partial charge in [-0.3, -0.25) is 9.59 Å². The largest absolute Gasteiger partial charge is 0.481 e. The van der Waals surface area contributed by atoms with Gasteiger partial charge in [-0.2, -0.15) is 14.6 Å². The molecule has 0 radical (unpaired) electrons. The molecule has 2 heterocycles. The molecular formula is C15H14N4O3. The molecule has 1 aromatic carbocycles. The van der Waals surface area contributed by atoms with Gasteiger partial charge in [0.15, 0.2) is 5.65 Å². The zero-order chi connectivity index (χ0) is 15.7. The third-order valence-corrected chi connectivity index (χ3v) is 3.40. The van der Waals surface area contributed by atoms with Crippen molar-refractivity contribution in [2.24, 2.45) is 0 Å². The van der Waals surface area contributed by atoms with Gasteiger partial charge in [0.05, 0.1) is 5.52 Å². The smallest absolute Gasteiger partial charge is 0.303 e. The van der Waals surface area contributed by atoms with Gasteiger partial charge in [-0.15, -0.1) is 0 Å². The molecule has 0 spiro atoms. The molecule has 0 bridgehead atoms. The molecule has 0 saturated carbocycles. The van der Waals surface area contributed by atoms with Crippen LogP contribution in [0.1, 0.15) is 24.4 Å². The molecule has 0 fully saturated rings. The maximum atomic E-state index is 11.8. The lowest BCUT2D eigenvalue weighted by Gasteiger charge is -2.09. The van der Waals surface area contributed by atoms with Crippen LogP contribution in [-0.4, -0.2) is 30.7 Å². The minimum absolute atomic E-state index is 0.0581. The molecule has 0 atom stereocenters. The van der Waals surface area contributed by atoms with Crippen molar-refractivity contribution in [1.29, 1.82) is 0 Å². The number of carboxylic acid groups (broad SMARTS) is 1. The van der Waals surface area contributed by atoms with E-state index in [9.17, 15) is 9.59 Å². The van der Waals surface area contributed by atoms with Gasteiger partial charge in [-0.05, 0) is 25.5 Å². The second-order valence-corrected chi connectivity index (χ2v) is 5.03. The maximum absolute atomic E-state index is 11.8. The molecule has 112 valence electrons. The van der Waals surface area contributed by atoms with Crippen molar-refractivity contribution < 1.29 is 9.90 Å². The van der Waals surface area contributed by atoms with Crippen LogP contribution in [0, 0.1) is 6.92 Å². The molecule has 0 aliphatic rings. The summed E-state index contributed by atoms with van der Waals surface area (Å²) < 4.78 is 1.54. The number of nitrogens with zero attached hydrogens (tertiary/aromatic N) is 4. The second-order valence-electron chi connectivity index (χ2n) is 5.03. The van der Waals surface area contributed by atoms with Crippen LogP contribution in [0.4, 0.5) is 0 Å². The Bertz CT molecular complexity index is 933. The fourth-order valence-corrected chi connectivity index (χ4v) is 2.33. The first-order chi connectivity index (χ1) is 10.6. The number of fused-ring (bicyclic) bond motifs is 3. The Labute approximate surface area is 125 Å². The monoisotopic (exact) mass is 298 g/mol. The lowest BCUT2D eigenvalue weighted by atomic mass is 10.2. The molecule has 0 aliphatic heterocycles. The van der Waals surface area contributed by atoms with Crippen LogP contribution in [0.15, 0.2) is 29.1 Å². The van der Waals surface area contributed by atoms with Crippen LogP contribution >= 0.6 is 0 Å². The highest BCUT2D eigenvalue weighted by Crippen LogP contribution is 2.17. The van der Waals surface area contributed by atoms with Gasteiger partial charge >= 0.3 is 5.97 Å². The average molecular weight is 298 g/mol. The zero-order valence-electron chi connectivity index (χ0n) is 12.0. The zero-order valence-corrected chi connectivity index (χ0v) is 12.0. The van der Waals surface area contributed by atoms with Gasteiger partial charge in [0.25, 0.3) is 5.56 Å². The Balaban J connectivity index is 2.22. The summed E-state index contributed by atoms with van der Waals surface area (Å²) in [5.74, 6) is -0.246. The van der Waals surface area contributed by atoms with E-state index in [4.69, 9.17) is 5.11 Å². The van der Waals surface area contributed by atoms with Crippen molar-refractivity contribution in [3.63, 3.8) is 0 Å². The summed E-state index contributed by atoms with van der Waals surface area (Å²) >= 11 is 0. The fraction of sp³-hybridized carbons (Fsp3) is 0.267. The lowest BCUT2D eigenvalue weighted by Crippen LogP contribution is -2.19. The molecule has 0 amide bonds. The van der Waals surface area contributed by atoms with Gasteiger partial charge in [-0.25, -0.2) is 4.98 Å². The van der Waals surface area contributed by atoms with Crippen LogP contribution < -0.4 is 5.56 Å². The Morgan fingerprint density at radius 3 is 2.82 bits per heavy atom. The van der Waals surface area contributed by atoms with Gasteiger partial charge in [0.2, 0.25) is 0 Å². The molecular weight excluding hydrogens is 284 g/mol. The number of carbonyl (C=O) groups is 1. The number of hydrogen-bond acceptors (Lipinski definition) is 5. The van der Waals surface area contributed by atoms with Gasteiger partial charge in [0, 0.05) is 18.2 Å². The van der Waals surface area contributed by atoms with Crippen molar-refractivity contribution in [1.82, 2.24) is 19.6 Å². The number of aliphatic carboxylic acids is 1. The molecule has 2 aromatic heterocycles. The van der Waals surface area contributed by atoms with E-state index in [1.807, 2.05) is 24.3 Å². The number of aryl methyl sites for hydroxylation is 2. The highest BCUT2D eigenvalue weighted by molar-refractivity contribution is 5.90. The van der Waals surface area contributed by atoms with E-state index in [-0.39, 0.29) is 17.7 Å². The molecule has 0 unspecified atom stereocenters. The predicted octanol–water partition coefficient (Wildman–Crippen LogP) is 1.35. The minimum atomic E-state index is -0.848. The SMILES string of the molecule is Cc1nn2c(CCCC(=O)O)nc3ccccc3c2nc1=O. The number of aromatic nitrogens is 4. The normalized spacial score (nSPS) is 11.1. The molecule has 3 rings (SSSR count). The topological polar surface area (TPSA) is 97.5 Å². The highest BCUT2D eigenvalue weighted by Gasteiger charge is 2.12. The molecule has 22 heavy (non-hydrogen) atoms. The summed E-state index contributed by atoms with van der Waals surface area (Å²) in [5.41, 5.74) is 1.08. The van der Waals surface area contributed by atoms with E-state index in [1.165, 1.54) is 0 Å². The second kappa shape index (κ2) is 5.51. The first-order valence-electron chi connectivity index (χ1n) is 6.93. The summed E-state index contributed by atoms with van der Waals surface area (Å²) in [6.45, 7) is 1.60. The summed E-state index contributed by atoms with van der Waals surface area (Å²) in [5, 5.41) is 13.8. The van der Waals surface area contributed by atoms with E-state index in [1.54, 1.807) is 11.4 Å². The van der Waals surface area contributed by atoms with E-state index in [2.05, 4.69) is 15.1 Å². The minimum Gasteiger partial charge on any atom is -0.481 e. The third kappa shape index (κ3) is 2.52. The first-order valence-corrected chi connectivity index (χ1v) is 6.93. The number of para-hydroxylation sites is 1. The van der Waals surface area contributed by atoms with E-state index < -0.39 is 5.97 Å². The molecule has 3 aromatic rings. The Morgan fingerprint density at radius 1 is 1.27 bits per heavy atom. The van der Waals surface area contributed by atoms with Gasteiger partial charge in [0.1, 0.15) is 11.5 Å². The Kier molecular flexibility index (Phi) is 3.54. The maximum Gasteiger partial charge on any atom is 0.303 e. The molecule has 7 nitrogen and oxygen atoms in total. The molecule has 1 N–H and O–H groups in total. The van der Waals surface area contributed by atoms with Crippen molar-refractivity contribution in [2.75, 3.05) is 0 Å². The Morgan fingerprint density at radius 2 is 2.05 bits per heavy atom. The number of hydrogen-bond donors (Lipinski definition) is 1. The van der Waals surface area contributed by atoms with Gasteiger partial charge < -0.3 is 5.11 Å². The highest BCUT2D eigenvalue weighted by atomic mass is 16.4. The van der Waals surface area contributed by atoms with Crippen LogP contribution in [0.25, 0.3) is 16.6 Å². The summed E-state index contributed by atoms with van der Waals surface area (Å²) in [7, 11) is 0. The first kappa shape index (κ1) is 14.1. The van der Waals surface area contributed by atoms with Crippen molar-refractivity contribution >= 4 is 22.5 Å². The quantitative estimate of drug-likeness (QED) is 0.730. The lowest BCUT2D eigenvalue weighted by molar-refractivity contribution is -0.137. The average Bonchev–Trinajstić information content (AvgIpc) is 2.48. The van der Waals surface area contributed by atoms with Crippen LogP contribution in [0.3, 0.4) is 0 Å². The summed E-state index contributed by atoms with van der Waals surface area (Å²) in [6.07, 6.45) is 0.954. The van der Waals surface area contributed by atoms with Crippen LogP contribution in [0.2, 0.25) is 0 Å². The molecule has 0 saturated heterocycles. The predicted molar refractivity (Wildman–Crippen MR) is 79.9 cm³/mol. The fourth-order valence-electron chi connectivity index (χ4n) is 2.33. The number of rotatable bonds is 4. The van der Waals surface area contributed by atoms with Crippen molar-refractivity contribution in [3.8, 4) is 0 Å². The van der Waals surface area contributed by atoms with Crippen LogP contribution in [-0.2, 0) is 11.2 Å². The molecule has 7 heteroatoms. The van der Waals surface area contributed by atoms with Gasteiger partial charge in [-0.1, -0.05) is 12.1 Å². The number of carboxylic acids is 1. The third-order valence-electron chi connectivity index (χ3n) is 3.40. The van der Waals surface area contributed by atoms with E-state index in [0.717, 1.165) is 5.39 Å².